The fraction of sp³-hybridized carbons (Fsp3) is 0.667. The van der Waals surface area contributed by atoms with Gasteiger partial charge in [-0.25, -0.2) is 0 Å². The molecule has 0 aromatic carbocycles. The van der Waals surface area contributed by atoms with E-state index in [1.165, 1.54) is 0 Å². The van der Waals surface area contributed by atoms with Crippen molar-refractivity contribution in [1.82, 2.24) is 0 Å². The van der Waals surface area contributed by atoms with Crippen LogP contribution in [0.1, 0.15) is 0 Å². The van der Waals surface area contributed by atoms with Gasteiger partial charge in [-0.15, -0.1) is 0 Å². The third kappa shape index (κ3) is 297. The molecule has 0 heterocycles. The normalized spacial score (nSPS) is 4.57. The van der Waals surface area contributed by atoms with E-state index in [-0.39, 0.29) is 44.8 Å². The van der Waals surface area contributed by atoms with Gasteiger partial charge >= 0.3 is 44.8 Å². The van der Waals surface area contributed by atoms with Crippen molar-refractivity contribution in [3.05, 3.63) is 13.1 Å². The van der Waals surface area contributed by atoms with Crippen LogP contribution in [-0.4, -0.2) is 26.2 Å². The van der Waals surface area contributed by atoms with E-state index in [4.69, 9.17) is 46.6 Å². The average molecular weight is 477 g/mol. The summed E-state index contributed by atoms with van der Waals surface area (Å²) in [6, 6.07) is 0. The maximum Gasteiger partial charge on any atom is 1.00 e. The van der Waals surface area contributed by atoms with Gasteiger partial charge in [0.15, 0.2) is 0 Å². The van der Waals surface area contributed by atoms with E-state index >= 15 is 0 Å². The van der Waals surface area contributed by atoms with Crippen molar-refractivity contribution < 1.29 is 44.8 Å². The van der Waals surface area contributed by atoms with Crippen molar-refractivity contribution in [3.63, 3.8) is 0 Å². The molecule has 0 aliphatic carbocycles. The summed E-state index contributed by atoms with van der Waals surface area (Å²) in [6.07, 6.45) is 0. The van der Waals surface area contributed by atoms with Crippen LogP contribution in [0.5, 0.6) is 0 Å². The minimum atomic E-state index is 0. The monoisotopic (exact) mass is 476 g/mol. The fourth-order valence-corrected chi connectivity index (χ4v) is 0. The minimum absolute atomic E-state index is 0. The van der Waals surface area contributed by atoms with Crippen molar-refractivity contribution in [2.45, 2.75) is 0 Å². The first kappa shape index (κ1) is 36.7. The van der Waals surface area contributed by atoms with Gasteiger partial charge in [-0.1, -0.05) is 0 Å². The van der Waals surface area contributed by atoms with Crippen molar-refractivity contribution in [2.75, 3.05) is 26.2 Å². The molecule has 0 aromatic rings. The van der Waals surface area contributed by atoms with Crippen molar-refractivity contribution >= 4 is 0 Å². The van der Waals surface area contributed by atoms with Crippen LogP contribution in [0.3, 0.4) is 0 Å². The van der Waals surface area contributed by atoms with Gasteiger partial charge in [-0.2, -0.15) is 0 Å². The third-order valence-corrected chi connectivity index (χ3v) is 0.333. The Labute approximate surface area is 117 Å². The molecule has 0 aromatic heterocycles. The fourth-order valence-electron chi connectivity index (χ4n) is 0. The first-order valence-corrected chi connectivity index (χ1v) is 3.08. The smallest absolute Gasteiger partial charge is 0.512 e. The van der Waals surface area contributed by atoms with Gasteiger partial charge < -0.3 is 46.6 Å². The molecule has 0 unspecified atom stereocenters. The number of nitrogens with two attached hydrogens (primary N) is 4. The molecule has 0 aliphatic heterocycles. The van der Waals surface area contributed by atoms with Gasteiger partial charge in [0.2, 0.25) is 0 Å². The number of hydrogen-bond donors (Lipinski definition) is 4. The second-order valence-electron chi connectivity index (χ2n) is 1.15. The van der Waals surface area contributed by atoms with Gasteiger partial charge in [-0.3, -0.25) is 0 Å². The second-order valence-corrected chi connectivity index (χ2v) is 1.15. The molecule has 0 amide bonds. The van der Waals surface area contributed by atoms with Crippen LogP contribution < -0.4 is 22.9 Å². The van der Waals surface area contributed by atoms with Gasteiger partial charge in [0, 0.05) is 26.2 Å². The summed E-state index contributed by atoms with van der Waals surface area (Å²) in [5.74, 6) is 0. The number of hydrogen-bond acceptors (Lipinski definition) is 6. The van der Waals surface area contributed by atoms with E-state index in [1.807, 2.05) is 0 Å². The molecule has 0 spiro atoms. The maximum absolute atomic E-state index is 6.25. The van der Waals surface area contributed by atoms with E-state index in [0.29, 0.717) is 26.2 Å². The van der Waals surface area contributed by atoms with E-state index in [1.54, 1.807) is 0 Å². The number of rotatable bonds is 2. The zero-order chi connectivity index (χ0) is 10.8. The molecule has 0 atom stereocenters. The van der Waals surface area contributed by atoms with Gasteiger partial charge in [0.05, 0.1) is 0 Å². The summed E-state index contributed by atoms with van der Waals surface area (Å²) in [4.78, 5) is 0. The topological polar surface area (TPSA) is 152 Å². The summed E-state index contributed by atoms with van der Waals surface area (Å²) in [5.41, 5.74) is 19.6. The van der Waals surface area contributed by atoms with Crippen LogP contribution in [0.4, 0.5) is 0 Å². The summed E-state index contributed by atoms with van der Waals surface area (Å²) < 4.78 is 0. The minimum Gasteiger partial charge on any atom is -0.512 e. The average Bonchev–Trinajstić information content (AvgIpc) is 2.23. The molecule has 92 valence electrons. The first-order chi connectivity index (χ1) is 5.83. The molecule has 8 N–H and O–H groups in total. The van der Waals surface area contributed by atoms with Gasteiger partial charge in [-0.05, 0) is 0 Å². The van der Waals surface area contributed by atoms with E-state index in [2.05, 4.69) is 0 Å². The van der Waals surface area contributed by atoms with Crippen molar-refractivity contribution in [1.29, 1.82) is 10.5 Å². The molecule has 0 saturated heterocycles. The van der Waals surface area contributed by atoms with Crippen LogP contribution in [0.25, 0.3) is 0 Å². The van der Waals surface area contributed by atoms with Crippen LogP contribution in [0.15, 0.2) is 0 Å². The van der Waals surface area contributed by atoms with Gasteiger partial charge in [0.25, 0.3) is 0 Å². The molecule has 0 radical (unpaired) electrons. The van der Waals surface area contributed by atoms with E-state index in [0.717, 1.165) is 0 Å². The second kappa shape index (κ2) is 109. The van der Waals surface area contributed by atoms with Crippen molar-refractivity contribution in [3.8, 4) is 0 Å². The molecular weight excluding hydrogens is 461 g/mol. The van der Waals surface area contributed by atoms with Crippen molar-refractivity contribution in [2.24, 2.45) is 22.9 Å². The Morgan fingerprint density at radius 2 is 0.714 bits per heavy atom. The number of nitrogens with zero attached hydrogens (tertiary/aromatic N) is 2. The Hall–Kier alpha value is 0.301. The van der Waals surface area contributed by atoms with Crippen LogP contribution in [0.2, 0.25) is 0 Å². The summed E-state index contributed by atoms with van der Waals surface area (Å²) in [5, 5.41) is 12.5. The molecule has 14 heavy (non-hydrogen) atoms. The molecule has 0 aliphatic rings. The molecule has 8 heteroatoms. The van der Waals surface area contributed by atoms with Crippen LogP contribution >= 0.6 is 0 Å². The maximum atomic E-state index is 6.25. The Bertz CT molecular complexity index is 65.2. The molecule has 0 bridgehead atoms. The summed E-state index contributed by atoms with van der Waals surface area (Å²) in [7, 11) is 0. The largest absolute Gasteiger partial charge is 1.00 e. The predicted molar refractivity (Wildman–Crippen MR) is 46.2 cm³/mol. The first-order valence-electron chi connectivity index (χ1n) is 3.08. The standard InChI is InChI=1S/2C2H8N2.2CN.Ag.Au/c2*3-1-2-4;2*1-2;;/h2*1-4H2;;;;/q;;2*-1;2*+1. The summed E-state index contributed by atoms with van der Waals surface area (Å²) in [6.45, 7) is 11.9. The Morgan fingerprint density at radius 1 is 0.643 bits per heavy atom. The molecule has 0 saturated carbocycles. The molecule has 0 fully saturated rings. The quantitative estimate of drug-likeness (QED) is 0.267. The van der Waals surface area contributed by atoms with Crippen LogP contribution in [0, 0.1) is 23.7 Å². The Kier molecular flexibility index (Phi) is 285. The molecule has 6 nitrogen and oxygen atoms in total. The summed E-state index contributed by atoms with van der Waals surface area (Å²) >= 11 is 0. The molecule has 0 rings (SSSR count). The predicted octanol–water partition coefficient (Wildman–Crippen LogP) is -2.00. The zero-order valence-electron chi connectivity index (χ0n) is 7.64. The Balaban J connectivity index is -0.0000000153. The molecular formula is C6H16AgAuN6. The SMILES string of the molecule is NCCN.NCCN.[Ag+].[Au+].[C-]#N.[C-]#N. The van der Waals surface area contributed by atoms with E-state index in [9.17, 15) is 0 Å². The Morgan fingerprint density at radius 3 is 0.714 bits per heavy atom. The third-order valence-electron chi connectivity index (χ3n) is 0.333. The zero-order valence-corrected chi connectivity index (χ0v) is 11.3. The van der Waals surface area contributed by atoms with Gasteiger partial charge in [0.1, 0.15) is 0 Å². The van der Waals surface area contributed by atoms with E-state index < -0.39 is 0 Å². The van der Waals surface area contributed by atoms with Crippen LogP contribution in [-0.2, 0) is 44.8 Å².